The number of likely N-dealkylation sites (N-methyl/N-ethyl adjacent to an activating group) is 1. The molecule has 102 valence electrons. The number of sulfonamides is 1. The lowest BCUT2D eigenvalue weighted by molar-refractivity contribution is -0.127. The van der Waals surface area contributed by atoms with Gasteiger partial charge in [-0.05, 0) is 12.1 Å². The van der Waals surface area contributed by atoms with Gasteiger partial charge in [-0.2, -0.15) is 5.26 Å². The van der Waals surface area contributed by atoms with Gasteiger partial charge in [-0.25, -0.2) is 17.5 Å². The van der Waals surface area contributed by atoms with Gasteiger partial charge in [-0.3, -0.25) is 4.79 Å². The van der Waals surface area contributed by atoms with E-state index in [4.69, 9.17) is 5.26 Å². The van der Waals surface area contributed by atoms with Gasteiger partial charge < -0.3 is 4.90 Å². The fraction of sp³-hybridized carbons (Fsp3) is 0.273. The van der Waals surface area contributed by atoms with Crippen molar-refractivity contribution in [3.63, 3.8) is 0 Å². The molecule has 0 aliphatic heterocycles. The van der Waals surface area contributed by atoms with Crippen LogP contribution in [-0.4, -0.2) is 39.9 Å². The van der Waals surface area contributed by atoms with Crippen molar-refractivity contribution in [1.29, 1.82) is 5.26 Å². The highest BCUT2D eigenvalue weighted by Gasteiger charge is 2.22. The number of nitrogens with zero attached hydrogens (tertiary/aromatic N) is 2. The summed E-state index contributed by atoms with van der Waals surface area (Å²) in [6.07, 6.45) is 0. The number of carbonyl (C=O) groups excluding carboxylic acids is 1. The minimum atomic E-state index is -4.11. The molecule has 0 aliphatic carbocycles. The first-order valence-electron chi connectivity index (χ1n) is 5.18. The maximum atomic E-state index is 13.3. The normalized spacial score (nSPS) is 10.8. The van der Waals surface area contributed by atoms with Crippen LogP contribution in [0.25, 0.3) is 0 Å². The summed E-state index contributed by atoms with van der Waals surface area (Å²) in [6.45, 7) is -0.462. The van der Waals surface area contributed by atoms with Crippen LogP contribution in [0.15, 0.2) is 23.1 Å². The second kappa shape index (κ2) is 5.77. The molecule has 19 heavy (non-hydrogen) atoms. The molecule has 0 bridgehead atoms. The molecule has 0 heterocycles. The molecule has 0 spiro atoms. The summed E-state index contributed by atoms with van der Waals surface area (Å²) < 4.78 is 39.1. The summed E-state index contributed by atoms with van der Waals surface area (Å²) >= 11 is 0. The van der Waals surface area contributed by atoms with E-state index in [1.165, 1.54) is 31.1 Å². The van der Waals surface area contributed by atoms with Crippen molar-refractivity contribution in [2.45, 2.75) is 4.90 Å². The maximum absolute atomic E-state index is 13.3. The van der Waals surface area contributed by atoms with Crippen molar-refractivity contribution in [2.75, 3.05) is 20.6 Å². The highest BCUT2D eigenvalue weighted by Crippen LogP contribution is 2.17. The SMILES string of the molecule is CN(C)C(=O)CNS(=O)(=O)c1cccc(F)c1C#N. The molecule has 0 saturated heterocycles. The quantitative estimate of drug-likeness (QED) is 0.847. The Bertz CT molecular complexity index is 635. The lowest BCUT2D eigenvalue weighted by Crippen LogP contribution is -2.36. The zero-order chi connectivity index (χ0) is 14.6. The Kier molecular flexibility index (Phi) is 4.58. The van der Waals surface area contributed by atoms with Crippen LogP contribution in [0, 0.1) is 17.1 Å². The fourth-order valence-electron chi connectivity index (χ4n) is 1.23. The van der Waals surface area contributed by atoms with Crippen molar-refractivity contribution in [2.24, 2.45) is 0 Å². The molecule has 1 N–H and O–H groups in total. The van der Waals surface area contributed by atoms with Crippen LogP contribution < -0.4 is 4.72 Å². The molecular formula is C11H12FN3O3S. The van der Waals surface area contributed by atoms with Crippen molar-refractivity contribution >= 4 is 15.9 Å². The molecule has 1 rings (SSSR count). The van der Waals surface area contributed by atoms with Gasteiger partial charge >= 0.3 is 0 Å². The molecule has 8 heteroatoms. The Morgan fingerprint density at radius 3 is 2.63 bits per heavy atom. The molecule has 0 atom stereocenters. The van der Waals surface area contributed by atoms with Crippen molar-refractivity contribution < 1.29 is 17.6 Å². The Hall–Kier alpha value is -1.98. The van der Waals surface area contributed by atoms with Gasteiger partial charge in [0.15, 0.2) is 0 Å². The van der Waals surface area contributed by atoms with Crippen molar-refractivity contribution in [1.82, 2.24) is 9.62 Å². The van der Waals surface area contributed by atoms with Gasteiger partial charge in [0.1, 0.15) is 22.3 Å². The first-order chi connectivity index (χ1) is 8.79. The van der Waals surface area contributed by atoms with Crippen LogP contribution in [0.3, 0.4) is 0 Å². The van der Waals surface area contributed by atoms with Gasteiger partial charge in [-0.15, -0.1) is 0 Å². The van der Waals surface area contributed by atoms with Gasteiger partial charge in [0, 0.05) is 14.1 Å². The standard InChI is InChI=1S/C11H12FN3O3S/c1-15(2)11(16)7-14-19(17,18)10-5-3-4-9(12)8(10)6-13/h3-5,14H,7H2,1-2H3. The smallest absolute Gasteiger partial charge is 0.242 e. The molecule has 6 nitrogen and oxygen atoms in total. The van der Waals surface area contributed by atoms with Crippen molar-refractivity contribution in [3.05, 3.63) is 29.6 Å². The minimum Gasteiger partial charge on any atom is -0.348 e. The summed E-state index contributed by atoms with van der Waals surface area (Å²) in [4.78, 5) is 12.0. The number of carbonyl (C=O) groups is 1. The summed E-state index contributed by atoms with van der Waals surface area (Å²) in [5.74, 6) is -1.39. The van der Waals surface area contributed by atoms with Crippen LogP contribution in [0.2, 0.25) is 0 Å². The highest BCUT2D eigenvalue weighted by atomic mass is 32.2. The van der Waals surface area contributed by atoms with Crippen LogP contribution in [-0.2, 0) is 14.8 Å². The second-order valence-electron chi connectivity index (χ2n) is 3.84. The Morgan fingerprint density at radius 1 is 1.47 bits per heavy atom. The van der Waals surface area contributed by atoms with E-state index in [0.29, 0.717) is 0 Å². The number of nitriles is 1. The van der Waals surface area contributed by atoms with Crippen LogP contribution in [0.5, 0.6) is 0 Å². The number of halogens is 1. The number of amides is 1. The van der Waals surface area contributed by atoms with E-state index in [0.717, 1.165) is 12.1 Å². The number of hydrogen-bond donors (Lipinski definition) is 1. The lowest BCUT2D eigenvalue weighted by atomic mass is 10.2. The predicted molar refractivity (Wildman–Crippen MR) is 65.0 cm³/mol. The van der Waals surface area contributed by atoms with E-state index in [-0.39, 0.29) is 0 Å². The third-order valence-electron chi connectivity index (χ3n) is 2.29. The molecule has 0 radical (unpaired) electrons. The van der Waals surface area contributed by atoms with E-state index in [2.05, 4.69) is 0 Å². The summed E-state index contributed by atoms with van der Waals surface area (Å²) in [6, 6.07) is 4.76. The van der Waals surface area contributed by atoms with Crippen LogP contribution >= 0.6 is 0 Å². The number of hydrogen-bond acceptors (Lipinski definition) is 4. The lowest BCUT2D eigenvalue weighted by Gasteiger charge is -2.12. The topological polar surface area (TPSA) is 90.3 Å². The molecule has 1 aromatic carbocycles. The summed E-state index contributed by atoms with van der Waals surface area (Å²) in [5, 5.41) is 8.77. The second-order valence-corrected chi connectivity index (χ2v) is 5.57. The van der Waals surface area contributed by atoms with Gasteiger partial charge in [0.25, 0.3) is 0 Å². The first kappa shape index (κ1) is 15.1. The largest absolute Gasteiger partial charge is 0.348 e. The Labute approximate surface area is 110 Å². The average molecular weight is 285 g/mol. The molecular weight excluding hydrogens is 273 g/mol. The molecule has 0 fully saturated rings. The third-order valence-corrected chi connectivity index (χ3v) is 3.73. The van der Waals surface area contributed by atoms with Gasteiger partial charge in [0.05, 0.1) is 6.54 Å². The third kappa shape index (κ3) is 3.49. The summed E-state index contributed by atoms with van der Waals surface area (Å²) in [5.41, 5.74) is -0.577. The number of nitrogens with one attached hydrogen (secondary N) is 1. The monoisotopic (exact) mass is 285 g/mol. The molecule has 0 unspecified atom stereocenters. The van der Waals surface area contributed by atoms with E-state index >= 15 is 0 Å². The zero-order valence-electron chi connectivity index (χ0n) is 10.3. The molecule has 1 aromatic rings. The molecule has 0 aromatic heterocycles. The molecule has 0 aliphatic rings. The molecule has 0 saturated carbocycles. The minimum absolute atomic E-state index is 0.460. The highest BCUT2D eigenvalue weighted by molar-refractivity contribution is 7.89. The van der Waals surface area contributed by atoms with E-state index < -0.39 is 38.8 Å². The van der Waals surface area contributed by atoms with E-state index in [9.17, 15) is 17.6 Å². The number of benzene rings is 1. The van der Waals surface area contributed by atoms with E-state index in [1.807, 2.05) is 4.72 Å². The predicted octanol–water partition coefficient (Wildman–Crippen LogP) is 0.0639. The first-order valence-corrected chi connectivity index (χ1v) is 6.66. The zero-order valence-corrected chi connectivity index (χ0v) is 11.2. The Morgan fingerprint density at radius 2 is 2.11 bits per heavy atom. The van der Waals surface area contributed by atoms with E-state index in [1.54, 1.807) is 0 Å². The van der Waals surface area contributed by atoms with Gasteiger partial charge in [-0.1, -0.05) is 6.07 Å². The van der Waals surface area contributed by atoms with Crippen LogP contribution in [0.4, 0.5) is 4.39 Å². The average Bonchev–Trinajstić information content (AvgIpc) is 2.35. The van der Waals surface area contributed by atoms with Gasteiger partial charge in [0.2, 0.25) is 15.9 Å². The molecule has 1 amide bonds. The fourth-order valence-corrected chi connectivity index (χ4v) is 2.37. The van der Waals surface area contributed by atoms with Crippen LogP contribution in [0.1, 0.15) is 5.56 Å². The summed E-state index contributed by atoms with van der Waals surface area (Å²) in [7, 11) is -1.17. The number of rotatable bonds is 4. The van der Waals surface area contributed by atoms with Crippen molar-refractivity contribution in [3.8, 4) is 6.07 Å². The maximum Gasteiger partial charge on any atom is 0.242 e. The Balaban J connectivity index is 3.06.